The normalized spacial score (nSPS) is 9.75. The van der Waals surface area contributed by atoms with Gasteiger partial charge >= 0.3 is 5.82 Å². The Bertz CT molecular complexity index is 535. The molecule has 0 aliphatic rings. The summed E-state index contributed by atoms with van der Waals surface area (Å²) < 4.78 is 1.66. The molecule has 108 valence electrons. The van der Waals surface area contributed by atoms with Crippen LogP contribution in [0.2, 0.25) is 0 Å². The van der Waals surface area contributed by atoms with Crippen LogP contribution in [0.15, 0.2) is 36.5 Å². The van der Waals surface area contributed by atoms with Gasteiger partial charge in [0.15, 0.2) is 5.82 Å². The second kappa shape index (κ2) is 8.09. The molecule has 5 nitrogen and oxygen atoms in total. The molecule has 0 aliphatic heterocycles. The molecular formula is C15H21N3O2. The van der Waals surface area contributed by atoms with E-state index in [4.69, 9.17) is 0 Å². The molecule has 0 radical (unpaired) electrons. The molecule has 1 aromatic heterocycles. The smallest absolute Gasteiger partial charge is 0.342 e. The lowest BCUT2D eigenvalue weighted by Crippen LogP contribution is -2.06. The Morgan fingerprint density at radius 2 is 1.90 bits per heavy atom. The fourth-order valence-corrected chi connectivity index (χ4v) is 1.96. The van der Waals surface area contributed by atoms with E-state index >= 15 is 0 Å². The van der Waals surface area contributed by atoms with E-state index < -0.39 is 0 Å². The summed E-state index contributed by atoms with van der Waals surface area (Å²) in [4.78, 5) is 14.4. The van der Waals surface area contributed by atoms with Gasteiger partial charge in [-0.15, -0.1) is 0 Å². The quantitative estimate of drug-likeness (QED) is 0.616. The van der Waals surface area contributed by atoms with E-state index in [9.17, 15) is 10.1 Å². The van der Waals surface area contributed by atoms with Gasteiger partial charge in [0.05, 0.1) is 6.54 Å². The van der Waals surface area contributed by atoms with Crippen molar-refractivity contribution in [2.24, 2.45) is 0 Å². The van der Waals surface area contributed by atoms with E-state index in [0.717, 1.165) is 12.8 Å². The first-order valence-electron chi connectivity index (χ1n) is 6.89. The zero-order chi connectivity index (χ0) is 15.0. The molecule has 0 spiro atoms. The number of aromatic nitrogens is 2. The van der Waals surface area contributed by atoms with E-state index in [2.05, 4.69) is 17.1 Å². The van der Waals surface area contributed by atoms with Crippen molar-refractivity contribution in [1.82, 2.24) is 9.55 Å². The van der Waals surface area contributed by atoms with E-state index in [1.54, 1.807) is 11.5 Å². The monoisotopic (exact) mass is 275 g/mol. The minimum atomic E-state index is -0.386. The summed E-state index contributed by atoms with van der Waals surface area (Å²) in [5, 5.41) is 10.8. The number of nitrogens with zero attached hydrogens (tertiary/aromatic N) is 3. The highest BCUT2D eigenvalue weighted by atomic mass is 16.6. The van der Waals surface area contributed by atoms with Crippen LogP contribution in [0.4, 0.5) is 5.82 Å². The van der Waals surface area contributed by atoms with Crippen LogP contribution in [-0.2, 0) is 13.0 Å². The highest BCUT2D eigenvalue weighted by Crippen LogP contribution is 2.15. The van der Waals surface area contributed by atoms with Gasteiger partial charge in [-0.3, -0.25) is 0 Å². The van der Waals surface area contributed by atoms with Crippen molar-refractivity contribution in [1.29, 1.82) is 0 Å². The molecule has 2 aromatic rings. The van der Waals surface area contributed by atoms with Crippen molar-refractivity contribution in [2.45, 2.75) is 40.2 Å². The van der Waals surface area contributed by atoms with Crippen LogP contribution in [0.3, 0.4) is 0 Å². The molecule has 0 saturated carbocycles. The van der Waals surface area contributed by atoms with Crippen LogP contribution < -0.4 is 0 Å². The molecule has 2 rings (SSSR count). The van der Waals surface area contributed by atoms with Crippen molar-refractivity contribution in [3.8, 4) is 0 Å². The first-order valence-corrected chi connectivity index (χ1v) is 6.89. The number of imidazole rings is 1. The third-order valence-corrected chi connectivity index (χ3v) is 2.91. The molecule has 0 atom stereocenters. The molecule has 0 saturated heterocycles. The Kier molecular flexibility index (Phi) is 6.43. The molecule has 0 N–H and O–H groups in total. The standard InChI is InChI=1S/C13H15N3O2.C2H6/c1-11-14-10-13(16(17)18)15(11)9-5-8-12-6-3-2-4-7-12;1-2/h2-4,6-7,10H,5,8-9H2,1H3;1-2H3. The van der Waals surface area contributed by atoms with Crippen LogP contribution in [0.1, 0.15) is 31.7 Å². The van der Waals surface area contributed by atoms with Crippen LogP contribution in [0.5, 0.6) is 0 Å². The fraction of sp³-hybridized carbons (Fsp3) is 0.400. The summed E-state index contributed by atoms with van der Waals surface area (Å²) in [6.07, 6.45) is 3.09. The average Bonchev–Trinajstić information content (AvgIpc) is 2.84. The van der Waals surface area contributed by atoms with Gasteiger partial charge in [-0.25, -0.2) is 9.55 Å². The van der Waals surface area contributed by atoms with Crippen molar-refractivity contribution in [3.63, 3.8) is 0 Å². The van der Waals surface area contributed by atoms with Gasteiger partial charge in [0.2, 0.25) is 0 Å². The predicted octanol–water partition coefficient (Wildman–Crippen LogP) is 3.76. The predicted molar refractivity (Wildman–Crippen MR) is 79.7 cm³/mol. The molecule has 20 heavy (non-hydrogen) atoms. The third-order valence-electron chi connectivity index (χ3n) is 2.91. The lowest BCUT2D eigenvalue weighted by Gasteiger charge is -2.03. The Morgan fingerprint density at radius 3 is 2.50 bits per heavy atom. The maximum Gasteiger partial charge on any atom is 0.342 e. The number of aryl methyl sites for hydroxylation is 2. The number of hydrogen-bond acceptors (Lipinski definition) is 3. The molecule has 1 heterocycles. The number of benzene rings is 1. The molecule has 0 fully saturated rings. The van der Waals surface area contributed by atoms with Crippen LogP contribution in [0.25, 0.3) is 0 Å². The molecule has 1 aromatic carbocycles. The number of hydrogen-bond donors (Lipinski definition) is 0. The van der Waals surface area contributed by atoms with Gasteiger partial charge in [-0.2, -0.15) is 0 Å². The minimum absolute atomic E-state index is 0.0700. The molecule has 0 unspecified atom stereocenters. The van der Waals surface area contributed by atoms with Gasteiger partial charge in [-0.1, -0.05) is 44.2 Å². The van der Waals surface area contributed by atoms with E-state index in [1.807, 2.05) is 32.0 Å². The summed E-state index contributed by atoms with van der Waals surface area (Å²) in [7, 11) is 0. The Balaban J connectivity index is 0.000000956. The maximum absolute atomic E-state index is 10.8. The summed E-state index contributed by atoms with van der Waals surface area (Å²) in [6.45, 7) is 6.41. The second-order valence-electron chi connectivity index (χ2n) is 4.16. The Labute approximate surface area is 119 Å². The highest BCUT2D eigenvalue weighted by molar-refractivity contribution is 5.19. The minimum Gasteiger partial charge on any atom is -0.358 e. The first kappa shape index (κ1) is 15.9. The van der Waals surface area contributed by atoms with Crippen molar-refractivity contribution in [2.75, 3.05) is 0 Å². The summed E-state index contributed by atoms with van der Waals surface area (Å²) in [5.74, 6) is 0.760. The number of rotatable bonds is 5. The first-order chi connectivity index (χ1) is 9.68. The summed E-state index contributed by atoms with van der Waals surface area (Å²) in [5.41, 5.74) is 1.25. The zero-order valence-corrected chi connectivity index (χ0v) is 12.2. The Morgan fingerprint density at radius 1 is 1.25 bits per heavy atom. The molecule has 0 bridgehead atoms. The fourth-order valence-electron chi connectivity index (χ4n) is 1.96. The molecule has 5 heteroatoms. The zero-order valence-electron chi connectivity index (χ0n) is 12.2. The lowest BCUT2D eigenvalue weighted by molar-refractivity contribution is -0.392. The van der Waals surface area contributed by atoms with Gasteiger partial charge in [0.25, 0.3) is 0 Å². The lowest BCUT2D eigenvalue weighted by atomic mass is 10.1. The van der Waals surface area contributed by atoms with Crippen molar-refractivity contribution >= 4 is 5.82 Å². The van der Waals surface area contributed by atoms with Gasteiger partial charge in [0.1, 0.15) is 6.20 Å². The van der Waals surface area contributed by atoms with Crippen LogP contribution >= 0.6 is 0 Å². The van der Waals surface area contributed by atoms with Crippen LogP contribution in [0, 0.1) is 17.0 Å². The molecular weight excluding hydrogens is 254 g/mol. The van der Waals surface area contributed by atoms with Crippen LogP contribution in [-0.4, -0.2) is 14.5 Å². The SMILES string of the molecule is CC.Cc1ncc([N+](=O)[O-])n1CCCc1ccccc1. The van der Waals surface area contributed by atoms with Gasteiger partial charge in [-0.05, 0) is 23.3 Å². The topological polar surface area (TPSA) is 61.0 Å². The van der Waals surface area contributed by atoms with E-state index in [0.29, 0.717) is 12.4 Å². The highest BCUT2D eigenvalue weighted by Gasteiger charge is 2.16. The van der Waals surface area contributed by atoms with Gasteiger partial charge < -0.3 is 10.1 Å². The van der Waals surface area contributed by atoms with E-state index in [1.165, 1.54) is 11.8 Å². The van der Waals surface area contributed by atoms with Crippen molar-refractivity contribution < 1.29 is 4.92 Å². The molecule has 0 aliphatic carbocycles. The van der Waals surface area contributed by atoms with Gasteiger partial charge in [0, 0.05) is 6.92 Å². The average molecular weight is 275 g/mol. The third kappa shape index (κ3) is 4.19. The second-order valence-corrected chi connectivity index (χ2v) is 4.16. The van der Waals surface area contributed by atoms with E-state index in [-0.39, 0.29) is 10.7 Å². The maximum atomic E-state index is 10.8. The molecule has 0 amide bonds. The summed E-state index contributed by atoms with van der Waals surface area (Å²) >= 11 is 0. The summed E-state index contributed by atoms with van der Waals surface area (Å²) in [6, 6.07) is 10.1. The van der Waals surface area contributed by atoms with Crippen molar-refractivity contribution in [3.05, 3.63) is 58.0 Å². The largest absolute Gasteiger partial charge is 0.358 e. The number of nitro groups is 1. The Hall–Kier alpha value is -2.17.